The van der Waals surface area contributed by atoms with Crippen molar-refractivity contribution in [3.8, 4) is 17.4 Å². The van der Waals surface area contributed by atoms with Crippen molar-refractivity contribution in [2.45, 2.75) is 6.92 Å². The fourth-order valence-corrected chi connectivity index (χ4v) is 2.40. The molecule has 0 saturated heterocycles. The van der Waals surface area contributed by atoms with Gasteiger partial charge in [-0.25, -0.2) is 8.78 Å². The molecule has 0 N–H and O–H groups in total. The molecule has 0 aliphatic carbocycles. The standard InChI is InChI=1S/C19H17F2N3O3/c1-2-26-11-12-27-19-22-17(13-7-3-5-9-15(13)20)24(23-19)18(25)14-8-4-6-10-16(14)21/h3-10H,2,11-12H2,1H3. The molecule has 27 heavy (non-hydrogen) atoms. The van der Waals surface area contributed by atoms with Crippen LogP contribution in [0.15, 0.2) is 48.5 Å². The zero-order valence-corrected chi connectivity index (χ0v) is 14.6. The highest BCUT2D eigenvalue weighted by Crippen LogP contribution is 2.24. The summed E-state index contributed by atoms with van der Waals surface area (Å²) in [6.45, 7) is 2.83. The van der Waals surface area contributed by atoms with Crippen molar-refractivity contribution in [1.82, 2.24) is 14.8 Å². The molecule has 0 amide bonds. The van der Waals surface area contributed by atoms with Gasteiger partial charge in [-0.3, -0.25) is 4.79 Å². The van der Waals surface area contributed by atoms with E-state index < -0.39 is 17.5 Å². The van der Waals surface area contributed by atoms with Crippen LogP contribution < -0.4 is 4.74 Å². The first-order valence-electron chi connectivity index (χ1n) is 8.33. The summed E-state index contributed by atoms with van der Waals surface area (Å²) in [5.41, 5.74) is -0.157. The monoisotopic (exact) mass is 373 g/mol. The number of hydrogen-bond acceptors (Lipinski definition) is 5. The van der Waals surface area contributed by atoms with Crippen LogP contribution in [0.25, 0.3) is 11.4 Å². The van der Waals surface area contributed by atoms with Crippen molar-refractivity contribution in [1.29, 1.82) is 0 Å². The van der Waals surface area contributed by atoms with Gasteiger partial charge in [-0.15, -0.1) is 5.10 Å². The molecule has 0 aliphatic heterocycles. The fourth-order valence-electron chi connectivity index (χ4n) is 2.40. The van der Waals surface area contributed by atoms with Crippen LogP contribution in [0.1, 0.15) is 17.3 Å². The largest absolute Gasteiger partial charge is 0.460 e. The summed E-state index contributed by atoms with van der Waals surface area (Å²) in [4.78, 5) is 16.9. The number of halogens is 2. The molecule has 3 rings (SSSR count). The van der Waals surface area contributed by atoms with E-state index in [0.29, 0.717) is 13.2 Å². The number of ether oxygens (including phenoxy) is 2. The van der Waals surface area contributed by atoms with Crippen LogP contribution in [0.4, 0.5) is 8.78 Å². The third-order valence-electron chi connectivity index (χ3n) is 3.66. The topological polar surface area (TPSA) is 66.2 Å². The maximum atomic E-state index is 14.2. The van der Waals surface area contributed by atoms with Crippen LogP contribution in [0.5, 0.6) is 6.01 Å². The van der Waals surface area contributed by atoms with Gasteiger partial charge in [0.25, 0.3) is 5.91 Å². The van der Waals surface area contributed by atoms with E-state index in [0.717, 1.165) is 10.7 Å². The summed E-state index contributed by atoms with van der Waals surface area (Å²) in [7, 11) is 0. The molecule has 0 fully saturated rings. The SMILES string of the molecule is CCOCCOc1nc(-c2ccccc2F)n(C(=O)c2ccccc2F)n1. The van der Waals surface area contributed by atoms with Crippen molar-refractivity contribution < 1.29 is 23.0 Å². The minimum Gasteiger partial charge on any atom is -0.460 e. The van der Waals surface area contributed by atoms with Crippen molar-refractivity contribution >= 4 is 5.91 Å². The molecule has 0 unspecified atom stereocenters. The summed E-state index contributed by atoms with van der Waals surface area (Å²) in [6, 6.07) is 11.1. The maximum Gasteiger partial charge on any atom is 0.336 e. The number of carbonyl (C=O) groups is 1. The van der Waals surface area contributed by atoms with Gasteiger partial charge >= 0.3 is 6.01 Å². The number of nitrogens with zero attached hydrogens (tertiary/aromatic N) is 3. The molecular weight excluding hydrogens is 356 g/mol. The predicted octanol–water partition coefficient (Wildman–Crippen LogP) is 3.33. The lowest BCUT2D eigenvalue weighted by atomic mass is 10.1. The van der Waals surface area contributed by atoms with Crippen LogP contribution in [0, 0.1) is 11.6 Å². The van der Waals surface area contributed by atoms with E-state index in [1.165, 1.54) is 36.4 Å². The molecule has 0 atom stereocenters. The average Bonchev–Trinajstić information content (AvgIpc) is 3.09. The lowest BCUT2D eigenvalue weighted by Crippen LogP contribution is -2.17. The first-order valence-corrected chi connectivity index (χ1v) is 8.33. The second kappa shape index (κ2) is 8.50. The molecule has 140 valence electrons. The molecule has 6 nitrogen and oxygen atoms in total. The molecule has 0 spiro atoms. The lowest BCUT2D eigenvalue weighted by Gasteiger charge is -2.06. The third kappa shape index (κ3) is 4.17. The Morgan fingerprint density at radius 3 is 2.44 bits per heavy atom. The molecule has 8 heteroatoms. The van der Waals surface area contributed by atoms with Crippen LogP contribution in [-0.4, -0.2) is 40.5 Å². The molecular formula is C19H17F2N3O3. The molecule has 1 heterocycles. The summed E-state index contributed by atoms with van der Waals surface area (Å²) in [6.07, 6.45) is 0. The van der Waals surface area contributed by atoms with E-state index in [1.54, 1.807) is 6.07 Å². The number of carbonyl (C=O) groups excluding carboxylic acids is 1. The average molecular weight is 373 g/mol. The smallest absolute Gasteiger partial charge is 0.336 e. The van der Waals surface area contributed by atoms with Crippen LogP contribution >= 0.6 is 0 Å². The second-order valence-corrected chi connectivity index (χ2v) is 5.44. The highest BCUT2D eigenvalue weighted by molar-refractivity contribution is 5.97. The zero-order chi connectivity index (χ0) is 19.2. The van der Waals surface area contributed by atoms with Crippen molar-refractivity contribution in [3.63, 3.8) is 0 Å². The van der Waals surface area contributed by atoms with Crippen molar-refractivity contribution in [2.75, 3.05) is 19.8 Å². The van der Waals surface area contributed by atoms with E-state index in [1.807, 2.05) is 6.92 Å². The zero-order valence-electron chi connectivity index (χ0n) is 14.6. The van der Waals surface area contributed by atoms with Gasteiger partial charge in [0, 0.05) is 6.61 Å². The van der Waals surface area contributed by atoms with Gasteiger partial charge in [0.05, 0.1) is 17.7 Å². The highest BCUT2D eigenvalue weighted by atomic mass is 19.1. The number of rotatable bonds is 7. The fraction of sp³-hybridized carbons (Fsp3) is 0.211. The minimum absolute atomic E-state index is 0.0503. The Hall–Kier alpha value is -3.13. The Bertz CT molecular complexity index is 943. The van der Waals surface area contributed by atoms with E-state index in [-0.39, 0.29) is 29.6 Å². The van der Waals surface area contributed by atoms with Gasteiger partial charge in [-0.05, 0) is 31.2 Å². The van der Waals surface area contributed by atoms with Crippen LogP contribution in [0.2, 0.25) is 0 Å². The number of aromatic nitrogens is 3. The number of benzene rings is 2. The quantitative estimate of drug-likeness (QED) is 0.595. The Balaban J connectivity index is 2.00. The normalized spacial score (nSPS) is 10.8. The van der Waals surface area contributed by atoms with E-state index in [2.05, 4.69) is 10.1 Å². The van der Waals surface area contributed by atoms with Crippen LogP contribution in [-0.2, 0) is 4.74 Å². The lowest BCUT2D eigenvalue weighted by molar-refractivity contribution is 0.0934. The molecule has 2 aromatic carbocycles. The first kappa shape index (κ1) is 18.7. The first-order chi connectivity index (χ1) is 13.1. The Morgan fingerprint density at radius 2 is 1.74 bits per heavy atom. The summed E-state index contributed by atoms with van der Waals surface area (Å²) < 4.78 is 39.6. The van der Waals surface area contributed by atoms with E-state index >= 15 is 0 Å². The summed E-state index contributed by atoms with van der Waals surface area (Å²) in [5, 5.41) is 3.99. The molecule has 0 aliphatic rings. The summed E-state index contributed by atoms with van der Waals surface area (Å²) in [5.74, 6) is -2.16. The Labute approximate surface area is 154 Å². The predicted molar refractivity (Wildman–Crippen MR) is 93.5 cm³/mol. The van der Waals surface area contributed by atoms with Gasteiger partial charge in [0.2, 0.25) is 0 Å². The van der Waals surface area contributed by atoms with Gasteiger partial charge in [-0.2, -0.15) is 9.67 Å². The summed E-state index contributed by atoms with van der Waals surface area (Å²) >= 11 is 0. The Kier molecular flexibility index (Phi) is 5.87. The van der Waals surface area contributed by atoms with Gasteiger partial charge in [0.1, 0.15) is 18.2 Å². The number of hydrogen-bond donors (Lipinski definition) is 0. The van der Waals surface area contributed by atoms with Gasteiger partial charge in [-0.1, -0.05) is 24.3 Å². The maximum absolute atomic E-state index is 14.2. The van der Waals surface area contributed by atoms with Crippen molar-refractivity contribution in [3.05, 3.63) is 65.7 Å². The van der Waals surface area contributed by atoms with Gasteiger partial charge < -0.3 is 9.47 Å². The molecule has 0 bridgehead atoms. The van der Waals surface area contributed by atoms with Crippen LogP contribution in [0.3, 0.4) is 0 Å². The highest BCUT2D eigenvalue weighted by Gasteiger charge is 2.23. The van der Waals surface area contributed by atoms with Crippen molar-refractivity contribution in [2.24, 2.45) is 0 Å². The third-order valence-corrected chi connectivity index (χ3v) is 3.66. The molecule has 1 aromatic heterocycles. The molecule has 0 saturated carbocycles. The van der Waals surface area contributed by atoms with E-state index in [9.17, 15) is 13.6 Å². The Morgan fingerprint density at radius 1 is 1.04 bits per heavy atom. The minimum atomic E-state index is -0.779. The van der Waals surface area contributed by atoms with E-state index in [4.69, 9.17) is 9.47 Å². The molecule has 0 radical (unpaired) electrons. The molecule has 3 aromatic rings. The second-order valence-electron chi connectivity index (χ2n) is 5.44. The van der Waals surface area contributed by atoms with Gasteiger partial charge in [0.15, 0.2) is 5.82 Å².